The van der Waals surface area contributed by atoms with Gasteiger partial charge in [0.25, 0.3) is 5.91 Å². The number of amides is 1. The van der Waals surface area contributed by atoms with Crippen LogP contribution in [0, 0.1) is 11.3 Å². The second-order valence-electron chi connectivity index (χ2n) is 5.66. The van der Waals surface area contributed by atoms with Gasteiger partial charge in [-0.1, -0.05) is 30.3 Å². The van der Waals surface area contributed by atoms with Gasteiger partial charge in [-0.25, -0.2) is 0 Å². The van der Waals surface area contributed by atoms with E-state index in [2.05, 4.69) is 21.5 Å². The number of para-hydroxylation sites is 1. The molecule has 136 valence electrons. The molecule has 0 unspecified atom stereocenters. The molecule has 3 rings (SSSR count). The largest absolute Gasteiger partial charge is 0.497 e. The number of anilines is 1. The standard InChI is InChI=1S/C19H18N6O2/c1-27-17-10-5-7-15(13-17)19-21-23-25(22-19)14-18(26)24(12-6-11-20)16-8-3-2-4-9-16/h2-5,7-10,13H,6,12,14H2,1H3. The Morgan fingerprint density at radius 2 is 2.04 bits per heavy atom. The molecule has 8 nitrogen and oxygen atoms in total. The quantitative estimate of drug-likeness (QED) is 0.640. The van der Waals surface area contributed by atoms with Crippen LogP contribution in [0.2, 0.25) is 0 Å². The summed E-state index contributed by atoms with van der Waals surface area (Å²) in [6.07, 6.45) is 0.237. The van der Waals surface area contributed by atoms with Crippen LogP contribution in [0.4, 0.5) is 5.69 Å². The lowest BCUT2D eigenvalue weighted by atomic mass is 10.2. The Hall–Kier alpha value is -3.73. The van der Waals surface area contributed by atoms with Crippen LogP contribution in [-0.4, -0.2) is 39.8 Å². The molecular weight excluding hydrogens is 344 g/mol. The van der Waals surface area contributed by atoms with Gasteiger partial charge in [0.15, 0.2) is 0 Å². The lowest BCUT2D eigenvalue weighted by molar-refractivity contribution is -0.119. The van der Waals surface area contributed by atoms with E-state index in [1.807, 2.05) is 48.5 Å². The molecule has 0 N–H and O–H groups in total. The first-order chi connectivity index (χ1) is 13.2. The summed E-state index contributed by atoms with van der Waals surface area (Å²) in [7, 11) is 1.58. The van der Waals surface area contributed by atoms with E-state index in [0.717, 1.165) is 11.3 Å². The fraction of sp³-hybridized carbons (Fsp3) is 0.211. The summed E-state index contributed by atoms with van der Waals surface area (Å²) in [6, 6.07) is 18.6. The van der Waals surface area contributed by atoms with Crippen molar-refractivity contribution in [2.24, 2.45) is 0 Å². The molecule has 0 fully saturated rings. The monoisotopic (exact) mass is 362 g/mol. The molecule has 8 heteroatoms. The van der Waals surface area contributed by atoms with Gasteiger partial charge in [-0.3, -0.25) is 4.79 Å². The minimum Gasteiger partial charge on any atom is -0.497 e. The van der Waals surface area contributed by atoms with E-state index < -0.39 is 0 Å². The van der Waals surface area contributed by atoms with Crippen LogP contribution in [0.1, 0.15) is 6.42 Å². The third-order valence-corrected chi connectivity index (χ3v) is 3.87. The molecule has 1 heterocycles. The molecule has 0 aliphatic rings. The number of nitriles is 1. The number of hydrogen-bond donors (Lipinski definition) is 0. The van der Waals surface area contributed by atoms with Gasteiger partial charge in [-0.2, -0.15) is 10.1 Å². The van der Waals surface area contributed by atoms with E-state index in [-0.39, 0.29) is 18.9 Å². The molecule has 1 aromatic heterocycles. The number of tetrazole rings is 1. The van der Waals surface area contributed by atoms with E-state index >= 15 is 0 Å². The van der Waals surface area contributed by atoms with Gasteiger partial charge in [-0.15, -0.1) is 10.2 Å². The van der Waals surface area contributed by atoms with Crippen molar-refractivity contribution in [2.45, 2.75) is 13.0 Å². The molecule has 0 atom stereocenters. The average molecular weight is 362 g/mol. The summed E-state index contributed by atoms with van der Waals surface area (Å²) < 4.78 is 5.20. The lowest BCUT2D eigenvalue weighted by Gasteiger charge is -2.21. The maximum absolute atomic E-state index is 12.7. The SMILES string of the molecule is COc1cccc(-c2nnn(CC(=O)N(CCC#N)c3ccccc3)n2)c1. The number of carbonyl (C=O) groups excluding carboxylic acids is 1. The fourth-order valence-corrected chi connectivity index (χ4v) is 2.56. The highest BCUT2D eigenvalue weighted by molar-refractivity contribution is 5.93. The van der Waals surface area contributed by atoms with Crippen molar-refractivity contribution < 1.29 is 9.53 Å². The van der Waals surface area contributed by atoms with E-state index in [4.69, 9.17) is 10.00 Å². The molecule has 0 saturated carbocycles. The summed E-state index contributed by atoms with van der Waals surface area (Å²) in [5, 5.41) is 21.1. The van der Waals surface area contributed by atoms with E-state index in [0.29, 0.717) is 18.1 Å². The van der Waals surface area contributed by atoms with Crippen molar-refractivity contribution >= 4 is 11.6 Å². The Bertz CT molecular complexity index is 948. The van der Waals surface area contributed by atoms with Crippen molar-refractivity contribution in [1.82, 2.24) is 20.2 Å². The van der Waals surface area contributed by atoms with Crippen molar-refractivity contribution in [3.8, 4) is 23.2 Å². The molecule has 0 bridgehead atoms. The third-order valence-electron chi connectivity index (χ3n) is 3.87. The predicted octanol–water partition coefficient (Wildman–Crippen LogP) is 2.30. The molecule has 3 aromatic rings. The van der Waals surface area contributed by atoms with Crippen molar-refractivity contribution in [3.05, 3.63) is 54.6 Å². The minimum atomic E-state index is -0.217. The maximum atomic E-state index is 12.7. The molecule has 0 spiro atoms. The summed E-state index contributed by atoms with van der Waals surface area (Å²) >= 11 is 0. The zero-order chi connectivity index (χ0) is 19.1. The first kappa shape index (κ1) is 18.1. The number of hydrogen-bond acceptors (Lipinski definition) is 6. The maximum Gasteiger partial charge on any atom is 0.250 e. The highest BCUT2D eigenvalue weighted by atomic mass is 16.5. The molecule has 0 aliphatic heterocycles. The third kappa shape index (κ3) is 4.46. The van der Waals surface area contributed by atoms with Crippen LogP contribution in [0.15, 0.2) is 54.6 Å². The van der Waals surface area contributed by atoms with E-state index in [1.54, 1.807) is 18.1 Å². The molecule has 27 heavy (non-hydrogen) atoms. The predicted molar refractivity (Wildman–Crippen MR) is 98.8 cm³/mol. The van der Waals surface area contributed by atoms with Crippen LogP contribution in [0.3, 0.4) is 0 Å². The second kappa shape index (κ2) is 8.58. The van der Waals surface area contributed by atoms with Crippen molar-refractivity contribution in [3.63, 3.8) is 0 Å². The second-order valence-corrected chi connectivity index (χ2v) is 5.66. The summed E-state index contributed by atoms with van der Waals surface area (Å²) in [6.45, 7) is 0.230. The zero-order valence-corrected chi connectivity index (χ0v) is 14.8. The van der Waals surface area contributed by atoms with Crippen LogP contribution in [0.25, 0.3) is 11.4 Å². The Labute approximate surface area is 156 Å². The minimum absolute atomic E-state index is 0.0721. The van der Waals surface area contributed by atoms with Crippen molar-refractivity contribution in [2.75, 3.05) is 18.6 Å². The molecule has 0 aliphatic carbocycles. The Balaban J connectivity index is 1.76. The number of carbonyl (C=O) groups is 1. The molecule has 2 aromatic carbocycles. The summed E-state index contributed by atoms with van der Waals surface area (Å²) in [5.74, 6) is 0.878. The Morgan fingerprint density at radius 3 is 2.78 bits per heavy atom. The van der Waals surface area contributed by atoms with E-state index in [1.165, 1.54) is 4.80 Å². The number of methoxy groups -OCH3 is 1. The number of rotatable bonds is 7. The average Bonchev–Trinajstić information content (AvgIpc) is 3.17. The van der Waals surface area contributed by atoms with Crippen LogP contribution >= 0.6 is 0 Å². The van der Waals surface area contributed by atoms with E-state index in [9.17, 15) is 4.79 Å². The Kier molecular flexibility index (Phi) is 5.74. The highest BCUT2D eigenvalue weighted by Crippen LogP contribution is 2.20. The van der Waals surface area contributed by atoms with Gasteiger partial charge < -0.3 is 9.64 Å². The Morgan fingerprint density at radius 1 is 1.22 bits per heavy atom. The number of ether oxygens (including phenoxy) is 1. The van der Waals surface area contributed by atoms with Gasteiger partial charge in [0.05, 0.1) is 19.6 Å². The smallest absolute Gasteiger partial charge is 0.250 e. The lowest BCUT2D eigenvalue weighted by Crippen LogP contribution is -2.35. The van der Waals surface area contributed by atoms with Gasteiger partial charge in [0.2, 0.25) is 5.82 Å². The molecular formula is C19H18N6O2. The molecule has 0 saturated heterocycles. The number of benzene rings is 2. The number of nitrogens with zero attached hydrogens (tertiary/aromatic N) is 6. The molecule has 0 radical (unpaired) electrons. The van der Waals surface area contributed by atoms with Crippen LogP contribution in [0.5, 0.6) is 5.75 Å². The van der Waals surface area contributed by atoms with Crippen LogP contribution in [-0.2, 0) is 11.3 Å². The molecule has 1 amide bonds. The number of aromatic nitrogens is 4. The zero-order valence-electron chi connectivity index (χ0n) is 14.8. The van der Waals surface area contributed by atoms with Crippen LogP contribution < -0.4 is 9.64 Å². The first-order valence-electron chi connectivity index (χ1n) is 8.36. The topological polar surface area (TPSA) is 96.9 Å². The first-order valence-corrected chi connectivity index (χ1v) is 8.36. The summed E-state index contributed by atoms with van der Waals surface area (Å²) in [4.78, 5) is 15.5. The van der Waals surface area contributed by atoms with Gasteiger partial charge in [0, 0.05) is 17.8 Å². The normalized spacial score (nSPS) is 10.2. The van der Waals surface area contributed by atoms with Gasteiger partial charge in [0.1, 0.15) is 12.3 Å². The van der Waals surface area contributed by atoms with Crippen molar-refractivity contribution in [1.29, 1.82) is 5.26 Å². The van der Waals surface area contributed by atoms with Gasteiger partial charge >= 0.3 is 0 Å². The van der Waals surface area contributed by atoms with Gasteiger partial charge in [-0.05, 0) is 29.5 Å². The fourth-order valence-electron chi connectivity index (χ4n) is 2.56. The summed E-state index contributed by atoms with van der Waals surface area (Å²) in [5.41, 5.74) is 1.48. The highest BCUT2D eigenvalue weighted by Gasteiger charge is 2.17.